The zero-order chi connectivity index (χ0) is 14.2. The largest absolute Gasteiger partial charge is 0.428 e. The quantitative estimate of drug-likeness (QED) is 0.433. The topological polar surface area (TPSA) is 9.23 Å². The Balaban J connectivity index is 3.77. The Morgan fingerprint density at radius 2 is 1.39 bits per heavy atom. The number of hydrogen-bond acceptors (Lipinski definition) is 1. The van der Waals surface area contributed by atoms with Crippen LogP contribution < -0.4 is 0 Å². The molecule has 1 unspecified atom stereocenters. The molecule has 0 aliphatic heterocycles. The number of halogens is 6. The molecule has 18 heavy (non-hydrogen) atoms. The smallest absolute Gasteiger partial charge is 0.318 e. The first-order valence-electron chi connectivity index (χ1n) is 5.94. The van der Waals surface area contributed by atoms with E-state index in [2.05, 4.69) is 4.74 Å². The maximum atomic E-state index is 12.6. The highest BCUT2D eigenvalue weighted by molar-refractivity contribution is 4.75. The average Bonchev–Trinajstić information content (AvgIpc) is 2.25. The van der Waals surface area contributed by atoms with Crippen LogP contribution in [0.1, 0.15) is 45.4 Å². The first-order chi connectivity index (χ1) is 8.22. The van der Waals surface area contributed by atoms with E-state index >= 15 is 0 Å². The second-order valence-electron chi connectivity index (χ2n) is 4.08. The molecule has 0 saturated carbocycles. The van der Waals surface area contributed by atoms with Gasteiger partial charge in [-0.15, -0.1) is 0 Å². The van der Waals surface area contributed by atoms with Crippen LogP contribution in [0.4, 0.5) is 26.3 Å². The summed E-state index contributed by atoms with van der Waals surface area (Å²) in [7, 11) is 0. The molecule has 0 aromatic carbocycles. The van der Waals surface area contributed by atoms with Gasteiger partial charge in [0.15, 0.2) is 0 Å². The van der Waals surface area contributed by atoms with Crippen molar-refractivity contribution < 1.29 is 31.1 Å². The van der Waals surface area contributed by atoms with Crippen LogP contribution in [-0.4, -0.2) is 25.1 Å². The van der Waals surface area contributed by atoms with E-state index in [1.165, 1.54) is 0 Å². The summed E-state index contributed by atoms with van der Waals surface area (Å²) < 4.78 is 76.5. The van der Waals surface area contributed by atoms with Crippen LogP contribution in [0.2, 0.25) is 0 Å². The van der Waals surface area contributed by atoms with Crippen LogP contribution in [0, 0.1) is 0 Å². The molecule has 0 aromatic heterocycles. The monoisotopic (exact) mass is 280 g/mol. The third-order valence-electron chi connectivity index (χ3n) is 2.37. The van der Waals surface area contributed by atoms with Crippen LogP contribution in [0.25, 0.3) is 0 Å². The van der Waals surface area contributed by atoms with Gasteiger partial charge in [0.25, 0.3) is 6.17 Å². The minimum absolute atomic E-state index is 0.198. The summed E-state index contributed by atoms with van der Waals surface area (Å²) in [6.07, 6.45) is -10.1. The fourth-order valence-corrected chi connectivity index (χ4v) is 1.35. The van der Waals surface area contributed by atoms with Crippen molar-refractivity contribution in [3.8, 4) is 0 Å². The van der Waals surface area contributed by atoms with Gasteiger partial charge in [0.1, 0.15) is 0 Å². The third-order valence-corrected chi connectivity index (χ3v) is 2.37. The first kappa shape index (κ1) is 17.5. The van der Waals surface area contributed by atoms with Crippen LogP contribution in [0.5, 0.6) is 0 Å². The van der Waals surface area contributed by atoms with Crippen molar-refractivity contribution in [3.63, 3.8) is 0 Å². The van der Waals surface area contributed by atoms with E-state index in [-0.39, 0.29) is 6.42 Å². The van der Waals surface area contributed by atoms with Crippen molar-refractivity contribution >= 4 is 0 Å². The van der Waals surface area contributed by atoms with Gasteiger partial charge in [-0.2, -0.15) is 22.0 Å². The molecule has 110 valence electrons. The van der Waals surface area contributed by atoms with E-state index in [4.69, 9.17) is 0 Å². The Morgan fingerprint density at radius 1 is 0.889 bits per heavy atom. The van der Waals surface area contributed by atoms with E-state index < -0.39 is 25.1 Å². The summed E-state index contributed by atoms with van der Waals surface area (Å²) in [4.78, 5) is 0. The van der Waals surface area contributed by atoms with Gasteiger partial charge in [0, 0.05) is 0 Å². The van der Waals surface area contributed by atoms with E-state index in [0.29, 0.717) is 6.42 Å². The van der Waals surface area contributed by atoms with E-state index in [1.807, 2.05) is 6.92 Å². The van der Waals surface area contributed by atoms with Crippen molar-refractivity contribution in [2.75, 3.05) is 6.61 Å². The lowest BCUT2D eigenvalue weighted by Gasteiger charge is -2.22. The highest BCUT2D eigenvalue weighted by Gasteiger charge is 2.58. The van der Waals surface area contributed by atoms with Gasteiger partial charge in [-0.3, -0.25) is 0 Å². The minimum Gasteiger partial charge on any atom is -0.318 e. The molecule has 0 amide bonds. The fraction of sp³-hybridized carbons (Fsp3) is 1.00. The SMILES string of the molecule is CCCCCCCCOC(F)(F)C(F)C(F)(F)F. The van der Waals surface area contributed by atoms with Crippen molar-refractivity contribution in [2.45, 2.75) is 63.9 Å². The van der Waals surface area contributed by atoms with Gasteiger partial charge >= 0.3 is 12.3 Å². The summed E-state index contributed by atoms with van der Waals surface area (Å²) in [5.41, 5.74) is 0. The summed E-state index contributed by atoms with van der Waals surface area (Å²) in [6.45, 7) is 1.44. The molecule has 1 atom stereocenters. The molecular formula is C11H18F6O. The number of hydrogen-bond donors (Lipinski definition) is 0. The number of rotatable bonds is 9. The first-order valence-corrected chi connectivity index (χ1v) is 5.94. The predicted octanol–water partition coefficient (Wildman–Crippen LogP) is 4.86. The van der Waals surface area contributed by atoms with Gasteiger partial charge in [-0.25, -0.2) is 4.39 Å². The van der Waals surface area contributed by atoms with E-state index in [9.17, 15) is 26.3 Å². The van der Waals surface area contributed by atoms with Gasteiger partial charge in [0.05, 0.1) is 6.61 Å². The third kappa shape index (κ3) is 7.08. The lowest BCUT2D eigenvalue weighted by Crippen LogP contribution is -2.43. The lowest BCUT2D eigenvalue weighted by atomic mass is 10.1. The second kappa shape index (κ2) is 7.86. The molecule has 0 spiro atoms. The molecule has 0 aliphatic carbocycles. The Hall–Kier alpha value is -0.460. The highest BCUT2D eigenvalue weighted by atomic mass is 19.4. The number of unbranched alkanes of at least 4 members (excludes halogenated alkanes) is 5. The second-order valence-corrected chi connectivity index (χ2v) is 4.08. The van der Waals surface area contributed by atoms with Crippen molar-refractivity contribution in [1.82, 2.24) is 0 Å². The van der Waals surface area contributed by atoms with Crippen molar-refractivity contribution in [1.29, 1.82) is 0 Å². The van der Waals surface area contributed by atoms with Crippen LogP contribution >= 0.6 is 0 Å². The molecule has 0 heterocycles. The summed E-state index contributed by atoms with van der Waals surface area (Å²) in [5, 5.41) is 0. The maximum Gasteiger partial charge on any atom is 0.428 e. The fourth-order valence-electron chi connectivity index (χ4n) is 1.35. The minimum atomic E-state index is -5.61. The van der Waals surface area contributed by atoms with Gasteiger partial charge < -0.3 is 4.74 Å². The van der Waals surface area contributed by atoms with Crippen molar-refractivity contribution in [2.24, 2.45) is 0 Å². The molecular weight excluding hydrogens is 262 g/mol. The Kier molecular flexibility index (Phi) is 7.66. The molecule has 0 bridgehead atoms. The lowest BCUT2D eigenvalue weighted by molar-refractivity contribution is -0.335. The molecule has 0 fully saturated rings. The normalized spacial score (nSPS) is 14.8. The molecule has 0 radical (unpaired) electrons. The maximum absolute atomic E-state index is 12.6. The van der Waals surface area contributed by atoms with Gasteiger partial charge in [-0.05, 0) is 6.42 Å². The number of ether oxygens (including phenoxy) is 1. The summed E-state index contributed by atoms with van der Waals surface area (Å²) >= 11 is 0. The Labute approximate surface area is 102 Å². The zero-order valence-electron chi connectivity index (χ0n) is 10.2. The molecule has 0 aromatic rings. The van der Waals surface area contributed by atoms with Gasteiger partial charge in [-0.1, -0.05) is 39.0 Å². The highest BCUT2D eigenvalue weighted by Crippen LogP contribution is 2.35. The van der Waals surface area contributed by atoms with Crippen LogP contribution in [0.15, 0.2) is 0 Å². The van der Waals surface area contributed by atoms with Crippen LogP contribution in [0.3, 0.4) is 0 Å². The number of alkyl halides is 6. The molecule has 0 N–H and O–H groups in total. The van der Waals surface area contributed by atoms with Gasteiger partial charge in [0.2, 0.25) is 0 Å². The Bertz CT molecular complexity index is 216. The Morgan fingerprint density at radius 3 is 1.89 bits per heavy atom. The van der Waals surface area contributed by atoms with Crippen molar-refractivity contribution in [3.05, 3.63) is 0 Å². The molecule has 7 heteroatoms. The van der Waals surface area contributed by atoms with E-state index in [0.717, 1.165) is 25.7 Å². The molecule has 0 rings (SSSR count). The standard InChI is InChI=1S/C11H18F6O/c1-2-3-4-5-6-7-8-18-11(16,17)9(12)10(13,14)15/h9H,2-8H2,1H3. The molecule has 0 aliphatic rings. The summed E-state index contributed by atoms with van der Waals surface area (Å²) in [5.74, 6) is 0. The van der Waals surface area contributed by atoms with Crippen LogP contribution in [-0.2, 0) is 4.74 Å². The average molecular weight is 280 g/mol. The molecule has 1 nitrogen and oxygen atoms in total. The molecule has 0 saturated heterocycles. The summed E-state index contributed by atoms with van der Waals surface area (Å²) in [6, 6.07) is 0. The van der Waals surface area contributed by atoms with E-state index in [1.54, 1.807) is 0 Å². The predicted molar refractivity (Wildman–Crippen MR) is 55.2 cm³/mol. The zero-order valence-corrected chi connectivity index (χ0v) is 10.2.